The predicted octanol–water partition coefficient (Wildman–Crippen LogP) is 2.10. The number of sulfone groups is 1. The molecule has 0 amide bonds. The van der Waals surface area contributed by atoms with E-state index in [2.05, 4.69) is 19.2 Å². The summed E-state index contributed by atoms with van der Waals surface area (Å²) >= 11 is 0. The molecule has 0 fully saturated rings. The van der Waals surface area contributed by atoms with Gasteiger partial charge in [0.25, 0.3) is 0 Å². The Labute approximate surface area is 116 Å². The fraction of sp³-hybridized carbons (Fsp3) is 0.571. The van der Waals surface area contributed by atoms with Gasteiger partial charge in [-0.25, -0.2) is 8.42 Å². The summed E-state index contributed by atoms with van der Waals surface area (Å²) in [5, 5.41) is 3.10. The van der Waals surface area contributed by atoms with Crippen molar-refractivity contribution in [2.75, 3.05) is 19.9 Å². The Kier molecular flexibility index (Phi) is 5.82. The van der Waals surface area contributed by atoms with Crippen molar-refractivity contribution in [2.45, 2.75) is 31.2 Å². The van der Waals surface area contributed by atoms with Crippen molar-refractivity contribution in [3.8, 4) is 5.75 Å². The topological polar surface area (TPSA) is 55.4 Å². The Bertz CT molecular complexity index is 499. The van der Waals surface area contributed by atoms with Crippen LogP contribution in [0.2, 0.25) is 0 Å². The van der Waals surface area contributed by atoms with Crippen LogP contribution in [0.4, 0.5) is 0 Å². The Morgan fingerprint density at radius 1 is 1.37 bits per heavy atom. The van der Waals surface area contributed by atoms with E-state index in [0.717, 1.165) is 6.42 Å². The highest BCUT2D eigenvalue weighted by Crippen LogP contribution is 2.20. The Balaban J connectivity index is 2.96. The highest BCUT2D eigenvalue weighted by molar-refractivity contribution is 7.91. The minimum atomic E-state index is -3.30. The molecule has 0 heterocycles. The lowest BCUT2D eigenvalue weighted by molar-refractivity contribution is 0.411. The molecule has 108 valence electrons. The first-order valence-electron chi connectivity index (χ1n) is 6.48. The molecule has 1 N–H and O–H groups in total. The summed E-state index contributed by atoms with van der Waals surface area (Å²) in [7, 11) is 0.0307. The van der Waals surface area contributed by atoms with Gasteiger partial charge in [-0.3, -0.25) is 0 Å². The fourth-order valence-electron chi connectivity index (χ4n) is 1.94. The van der Waals surface area contributed by atoms with Gasteiger partial charge in [0.15, 0.2) is 9.84 Å². The summed E-state index contributed by atoms with van der Waals surface area (Å²) in [5.74, 6) is 0.974. The molecule has 1 aromatic carbocycles. The first-order valence-corrected chi connectivity index (χ1v) is 8.14. The minimum Gasteiger partial charge on any atom is -0.497 e. The lowest BCUT2D eigenvalue weighted by Gasteiger charge is -2.22. The summed E-state index contributed by atoms with van der Waals surface area (Å²) in [5.41, 5.74) is 0. The molecule has 1 aromatic rings. The zero-order valence-corrected chi connectivity index (χ0v) is 12.8. The zero-order valence-electron chi connectivity index (χ0n) is 12.0. The van der Waals surface area contributed by atoms with Crippen LogP contribution in [0.15, 0.2) is 29.2 Å². The third-order valence-electron chi connectivity index (χ3n) is 3.50. The van der Waals surface area contributed by atoms with E-state index in [1.165, 1.54) is 7.11 Å². The maximum Gasteiger partial charge on any atom is 0.180 e. The molecule has 0 radical (unpaired) electrons. The summed E-state index contributed by atoms with van der Waals surface area (Å²) in [6.45, 7) is 4.12. The molecule has 0 aliphatic rings. The second-order valence-corrected chi connectivity index (χ2v) is 6.78. The average molecular weight is 285 g/mol. The Morgan fingerprint density at radius 3 is 2.58 bits per heavy atom. The lowest BCUT2D eigenvalue weighted by atomic mass is 10.0. The second-order valence-electron chi connectivity index (χ2n) is 4.74. The molecule has 4 nitrogen and oxygen atoms in total. The van der Waals surface area contributed by atoms with Crippen molar-refractivity contribution >= 4 is 9.84 Å². The molecule has 0 aliphatic carbocycles. The molecule has 0 saturated carbocycles. The molecule has 2 unspecified atom stereocenters. The van der Waals surface area contributed by atoms with Gasteiger partial charge in [-0.2, -0.15) is 0 Å². The minimum absolute atomic E-state index is 0.0406. The van der Waals surface area contributed by atoms with Gasteiger partial charge in [0.2, 0.25) is 0 Å². The van der Waals surface area contributed by atoms with Crippen LogP contribution in [-0.2, 0) is 9.84 Å². The van der Waals surface area contributed by atoms with Gasteiger partial charge in [0.05, 0.1) is 17.8 Å². The highest BCUT2D eigenvalue weighted by Gasteiger charge is 2.23. The summed E-state index contributed by atoms with van der Waals surface area (Å²) < 4.78 is 29.9. The van der Waals surface area contributed by atoms with Gasteiger partial charge in [0, 0.05) is 6.04 Å². The van der Waals surface area contributed by atoms with Crippen molar-refractivity contribution in [2.24, 2.45) is 5.92 Å². The Morgan fingerprint density at radius 2 is 2.05 bits per heavy atom. The molecule has 19 heavy (non-hydrogen) atoms. The number of benzene rings is 1. The lowest BCUT2D eigenvalue weighted by Crippen LogP contribution is -2.38. The van der Waals surface area contributed by atoms with Crippen LogP contribution < -0.4 is 10.1 Å². The first kappa shape index (κ1) is 16.0. The molecule has 2 atom stereocenters. The van der Waals surface area contributed by atoms with E-state index in [-0.39, 0.29) is 11.8 Å². The van der Waals surface area contributed by atoms with Crippen LogP contribution in [0.25, 0.3) is 0 Å². The molecule has 0 spiro atoms. The SMILES string of the molecule is CCC(C)C(CS(=O)(=O)c1cccc(OC)c1)NC. The molecule has 5 heteroatoms. The van der Waals surface area contributed by atoms with Gasteiger partial charge in [-0.05, 0) is 31.2 Å². The maximum atomic E-state index is 12.4. The van der Waals surface area contributed by atoms with E-state index < -0.39 is 9.84 Å². The molecule has 0 bridgehead atoms. The normalized spacial score (nSPS) is 14.9. The Hall–Kier alpha value is -1.07. The third kappa shape index (κ3) is 4.21. The largest absolute Gasteiger partial charge is 0.497 e. The predicted molar refractivity (Wildman–Crippen MR) is 77.3 cm³/mol. The summed E-state index contributed by atoms with van der Waals surface area (Å²) in [6.07, 6.45) is 0.944. The van der Waals surface area contributed by atoms with E-state index in [9.17, 15) is 8.42 Å². The zero-order chi connectivity index (χ0) is 14.5. The van der Waals surface area contributed by atoms with Crippen molar-refractivity contribution in [1.29, 1.82) is 0 Å². The average Bonchev–Trinajstić information content (AvgIpc) is 2.44. The monoisotopic (exact) mass is 285 g/mol. The highest BCUT2D eigenvalue weighted by atomic mass is 32.2. The van der Waals surface area contributed by atoms with Crippen molar-refractivity contribution in [3.63, 3.8) is 0 Å². The van der Waals surface area contributed by atoms with Crippen LogP contribution in [0.5, 0.6) is 5.75 Å². The van der Waals surface area contributed by atoms with Crippen molar-refractivity contribution in [3.05, 3.63) is 24.3 Å². The van der Waals surface area contributed by atoms with Gasteiger partial charge in [-0.15, -0.1) is 0 Å². The number of ether oxygens (including phenoxy) is 1. The van der Waals surface area contributed by atoms with Crippen molar-refractivity contribution in [1.82, 2.24) is 5.32 Å². The molecule has 1 rings (SSSR count). The first-order chi connectivity index (χ1) is 8.94. The van der Waals surface area contributed by atoms with Crippen molar-refractivity contribution < 1.29 is 13.2 Å². The number of rotatable bonds is 7. The van der Waals surface area contributed by atoms with Crippen LogP contribution >= 0.6 is 0 Å². The van der Waals surface area contributed by atoms with E-state index in [1.807, 2.05) is 0 Å². The molecular weight excluding hydrogens is 262 g/mol. The van der Waals surface area contributed by atoms with E-state index >= 15 is 0 Å². The van der Waals surface area contributed by atoms with E-state index in [4.69, 9.17) is 4.74 Å². The summed E-state index contributed by atoms with van der Waals surface area (Å²) in [4.78, 5) is 0.315. The van der Waals surface area contributed by atoms with Gasteiger partial charge >= 0.3 is 0 Å². The standard InChI is InChI=1S/C14H23NO3S/c1-5-11(2)14(15-3)10-19(16,17)13-8-6-7-12(9-13)18-4/h6-9,11,14-15H,5,10H2,1-4H3. The third-order valence-corrected chi connectivity index (χ3v) is 5.27. The maximum absolute atomic E-state index is 12.4. The number of methoxy groups -OCH3 is 1. The summed E-state index contributed by atoms with van der Waals surface area (Å²) in [6, 6.07) is 6.58. The van der Waals surface area contributed by atoms with Crippen LogP contribution in [-0.4, -0.2) is 34.4 Å². The van der Waals surface area contributed by atoms with Gasteiger partial charge < -0.3 is 10.1 Å². The van der Waals surface area contributed by atoms with Crippen LogP contribution in [0, 0.1) is 5.92 Å². The van der Waals surface area contributed by atoms with E-state index in [0.29, 0.717) is 16.6 Å². The molecule has 0 aliphatic heterocycles. The number of hydrogen-bond donors (Lipinski definition) is 1. The quantitative estimate of drug-likeness (QED) is 0.833. The number of hydrogen-bond acceptors (Lipinski definition) is 4. The molecular formula is C14H23NO3S. The van der Waals surface area contributed by atoms with Crippen LogP contribution in [0.3, 0.4) is 0 Å². The van der Waals surface area contributed by atoms with Crippen LogP contribution in [0.1, 0.15) is 20.3 Å². The number of nitrogens with one attached hydrogen (secondary N) is 1. The molecule has 0 aromatic heterocycles. The van der Waals surface area contributed by atoms with Gasteiger partial charge in [0.1, 0.15) is 5.75 Å². The van der Waals surface area contributed by atoms with E-state index in [1.54, 1.807) is 31.3 Å². The molecule has 0 saturated heterocycles. The smallest absolute Gasteiger partial charge is 0.180 e. The fourth-order valence-corrected chi connectivity index (χ4v) is 3.69. The van der Waals surface area contributed by atoms with Gasteiger partial charge in [-0.1, -0.05) is 26.3 Å². The second kappa shape index (κ2) is 6.91.